The summed E-state index contributed by atoms with van der Waals surface area (Å²) in [6.45, 7) is 4.76. The highest BCUT2D eigenvalue weighted by Crippen LogP contribution is 2.41. The normalized spacial score (nSPS) is 18.1. The van der Waals surface area contributed by atoms with E-state index in [-0.39, 0.29) is 0 Å². The highest BCUT2D eigenvalue weighted by Gasteiger charge is 2.32. The Morgan fingerprint density at radius 2 is 1.92 bits per heavy atom. The summed E-state index contributed by atoms with van der Waals surface area (Å²) in [5.41, 5.74) is 0.443. The van der Waals surface area contributed by atoms with E-state index in [0.717, 1.165) is 62.2 Å². The van der Waals surface area contributed by atoms with Crippen LogP contribution in [0.2, 0.25) is 5.02 Å². The van der Waals surface area contributed by atoms with Crippen LogP contribution in [0.1, 0.15) is 30.3 Å². The molecule has 1 aromatic carbocycles. The zero-order valence-corrected chi connectivity index (χ0v) is 16.1. The smallest absolute Gasteiger partial charge is 0.234 e. The minimum absolute atomic E-state index is 0.432. The van der Waals surface area contributed by atoms with Gasteiger partial charge in [-0.05, 0) is 37.1 Å². The second-order valence-electron chi connectivity index (χ2n) is 6.72. The third kappa shape index (κ3) is 4.17. The van der Waals surface area contributed by atoms with E-state index in [1.807, 2.05) is 23.9 Å². The predicted molar refractivity (Wildman–Crippen MR) is 104 cm³/mol. The minimum atomic E-state index is 0.432. The molecule has 0 N–H and O–H groups in total. The number of nitriles is 1. The summed E-state index contributed by atoms with van der Waals surface area (Å²) in [5, 5.41) is 10.1. The Balaban J connectivity index is 1.26. The molecule has 136 valence electrons. The first-order chi connectivity index (χ1) is 12.7. The van der Waals surface area contributed by atoms with Gasteiger partial charge in [-0.1, -0.05) is 11.6 Å². The van der Waals surface area contributed by atoms with Crippen molar-refractivity contribution in [3.8, 4) is 6.07 Å². The third-order valence-corrected chi connectivity index (χ3v) is 6.05. The molecule has 1 aliphatic heterocycles. The molecule has 4 rings (SSSR count). The molecule has 1 saturated carbocycles. The molecule has 0 amide bonds. The highest BCUT2D eigenvalue weighted by molar-refractivity contribution is 7.99. The molecular weight excluding hydrogens is 368 g/mol. The van der Waals surface area contributed by atoms with Gasteiger partial charge >= 0.3 is 0 Å². The standard InChI is InChI=1S/C19H21ClN4OS/c20-15-3-5-16(6-4-15)26-12-11-23-7-9-24(10-8-23)19-17(13-21)22-18(25-19)14-1-2-14/h3-6,14H,1-2,7-12H2. The van der Waals surface area contributed by atoms with Crippen LogP contribution in [0, 0.1) is 11.3 Å². The zero-order valence-electron chi connectivity index (χ0n) is 14.5. The molecule has 0 unspecified atom stereocenters. The number of piperazine rings is 1. The molecule has 7 heteroatoms. The number of hydrogen-bond acceptors (Lipinski definition) is 6. The Bertz CT molecular complexity index is 789. The Hall–Kier alpha value is -1.68. The van der Waals surface area contributed by atoms with Crippen molar-refractivity contribution in [3.05, 3.63) is 40.9 Å². The second-order valence-corrected chi connectivity index (χ2v) is 8.33. The Morgan fingerprint density at radius 1 is 1.19 bits per heavy atom. The van der Waals surface area contributed by atoms with Gasteiger partial charge in [0.25, 0.3) is 0 Å². The molecule has 26 heavy (non-hydrogen) atoms. The van der Waals surface area contributed by atoms with Crippen LogP contribution in [0.3, 0.4) is 0 Å². The van der Waals surface area contributed by atoms with Crippen molar-refractivity contribution < 1.29 is 4.42 Å². The van der Waals surface area contributed by atoms with Gasteiger partial charge in [-0.25, -0.2) is 4.98 Å². The highest BCUT2D eigenvalue weighted by atomic mass is 35.5. The minimum Gasteiger partial charge on any atom is -0.423 e. The number of oxazole rings is 1. The Kier molecular flexibility index (Phi) is 5.39. The van der Waals surface area contributed by atoms with Gasteiger partial charge in [0, 0.05) is 54.3 Å². The van der Waals surface area contributed by atoms with Crippen molar-refractivity contribution >= 4 is 29.2 Å². The van der Waals surface area contributed by atoms with Gasteiger partial charge in [0.15, 0.2) is 0 Å². The molecule has 1 aromatic heterocycles. The fraction of sp³-hybridized carbons (Fsp3) is 0.474. The van der Waals surface area contributed by atoms with Crippen LogP contribution in [0.5, 0.6) is 0 Å². The first-order valence-electron chi connectivity index (χ1n) is 8.99. The van der Waals surface area contributed by atoms with Crippen molar-refractivity contribution in [2.75, 3.05) is 43.4 Å². The Morgan fingerprint density at radius 3 is 2.58 bits per heavy atom. The summed E-state index contributed by atoms with van der Waals surface area (Å²) in [6.07, 6.45) is 2.26. The maximum atomic E-state index is 9.34. The van der Waals surface area contributed by atoms with Gasteiger partial charge in [0.05, 0.1) is 0 Å². The molecule has 0 radical (unpaired) electrons. The summed E-state index contributed by atoms with van der Waals surface area (Å²) >= 11 is 7.78. The number of halogens is 1. The van der Waals surface area contributed by atoms with E-state index in [4.69, 9.17) is 16.0 Å². The van der Waals surface area contributed by atoms with Crippen molar-refractivity contribution in [2.24, 2.45) is 0 Å². The number of benzene rings is 1. The van der Waals surface area contributed by atoms with E-state index >= 15 is 0 Å². The molecule has 2 heterocycles. The Labute approximate surface area is 162 Å². The summed E-state index contributed by atoms with van der Waals surface area (Å²) in [4.78, 5) is 10.3. The van der Waals surface area contributed by atoms with Crippen molar-refractivity contribution in [2.45, 2.75) is 23.7 Å². The van der Waals surface area contributed by atoms with Crippen molar-refractivity contribution in [3.63, 3.8) is 0 Å². The van der Waals surface area contributed by atoms with Crippen LogP contribution in [0.25, 0.3) is 0 Å². The van der Waals surface area contributed by atoms with Crippen LogP contribution in [0.4, 0.5) is 5.88 Å². The number of nitrogens with zero attached hydrogens (tertiary/aromatic N) is 4. The van der Waals surface area contributed by atoms with Gasteiger partial charge < -0.3 is 9.32 Å². The number of aromatic nitrogens is 1. The largest absolute Gasteiger partial charge is 0.423 e. The van der Waals surface area contributed by atoms with Crippen LogP contribution < -0.4 is 4.90 Å². The average molecular weight is 389 g/mol. The topological polar surface area (TPSA) is 56.3 Å². The lowest BCUT2D eigenvalue weighted by Gasteiger charge is -2.34. The maximum Gasteiger partial charge on any atom is 0.234 e. The number of thioether (sulfide) groups is 1. The van der Waals surface area contributed by atoms with Crippen LogP contribution in [-0.2, 0) is 0 Å². The SMILES string of the molecule is N#Cc1nc(C2CC2)oc1N1CCN(CCSc2ccc(Cl)cc2)CC1. The van der Waals surface area contributed by atoms with Crippen LogP contribution in [-0.4, -0.2) is 48.4 Å². The first kappa shape index (κ1) is 17.7. The van der Waals surface area contributed by atoms with Gasteiger partial charge in [0.2, 0.25) is 17.5 Å². The monoisotopic (exact) mass is 388 g/mol. The van der Waals surface area contributed by atoms with Gasteiger partial charge in [0.1, 0.15) is 6.07 Å². The molecule has 1 aliphatic carbocycles. The van der Waals surface area contributed by atoms with E-state index in [2.05, 4.69) is 33.0 Å². The van der Waals surface area contributed by atoms with E-state index < -0.39 is 0 Å². The van der Waals surface area contributed by atoms with E-state index in [1.165, 1.54) is 4.90 Å². The summed E-state index contributed by atoms with van der Waals surface area (Å²) < 4.78 is 5.91. The molecule has 0 atom stereocenters. The molecule has 5 nitrogen and oxygen atoms in total. The lowest BCUT2D eigenvalue weighted by atomic mass is 10.3. The van der Waals surface area contributed by atoms with Crippen molar-refractivity contribution in [1.29, 1.82) is 5.26 Å². The van der Waals surface area contributed by atoms with Crippen LogP contribution >= 0.6 is 23.4 Å². The summed E-state index contributed by atoms with van der Waals surface area (Å²) in [5.74, 6) is 2.91. The summed E-state index contributed by atoms with van der Waals surface area (Å²) in [7, 11) is 0. The van der Waals surface area contributed by atoms with Gasteiger partial charge in [-0.2, -0.15) is 5.26 Å². The maximum absolute atomic E-state index is 9.34. The molecule has 0 spiro atoms. The number of anilines is 1. The molecular formula is C19H21ClN4OS. The zero-order chi connectivity index (χ0) is 17.9. The lowest BCUT2D eigenvalue weighted by molar-refractivity contribution is 0.268. The fourth-order valence-electron chi connectivity index (χ4n) is 3.12. The average Bonchev–Trinajstić information content (AvgIpc) is 3.43. The second kappa shape index (κ2) is 7.91. The predicted octanol–water partition coefficient (Wildman–Crippen LogP) is 3.99. The van der Waals surface area contributed by atoms with Crippen molar-refractivity contribution in [1.82, 2.24) is 9.88 Å². The molecule has 2 aliphatic rings. The molecule has 2 aromatic rings. The summed E-state index contributed by atoms with van der Waals surface area (Å²) in [6, 6.07) is 10.2. The van der Waals surface area contributed by atoms with Gasteiger partial charge in [-0.15, -0.1) is 11.8 Å². The van der Waals surface area contributed by atoms with Gasteiger partial charge in [-0.3, -0.25) is 4.90 Å². The first-order valence-corrected chi connectivity index (χ1v) is 10.4. The molecule has 0 bridgehead atoms. The quantitative estimate of drug-likeness (QED) is 0.697. The molecule has 1 saturated heterocycles. The number of hydrogen-bond donors (Lipinski definition) is 0. The third-order valence-electron chi connectivity index (χ3n) is 4.81. The molecule has 2 fully saturated rings. The lowest BCUT2D eigenvalue weighted by Crippen LogP contribution is -2.47. The van der Waals surface area contributed by atoms with E-state index in [1.54, 1.807) is 0 Å². The number of rotatable bonds is 6. The van der Waals surface area contributed by atoms with E-state index in [9.17, 15) is 5.26 Å². The van der Waals surface area contributed by atoms with E-state index in [0.29, 0.717) is 17.5 Å². The fourth-order valence-corrected chi connectivity index (χ4v) is 4.16. The van der Waals surface area contributed by atoms with Crippen LogP contribution in [0.15, 0.2) is 33.6 Å².